The van der Waals surface area contributed by atoms with Crippen LogP contribution in [0.15, 0.2) is 60.9 Å². The van der Waals surface area contributed by atoms with E-state index in [0.29, 0.717) is 5.02 Å². The summed E-state index contributed by atoms with van der Waals surface area (Å²) in [6.45, 7) is 9.13. The average Bonchev–Trinajstić information content (AvgIpc) is 3.15. The molecule has 1 aromatic carbocycles. The number of aryl methyl sites for hydroxylation is 1. The summed E-state index contributed by atoms with van der Waals surface area (Å²) >= 11 is 6.61. The van der Waals surface area contributed by atoms with E-state index in [0.717, 1.165) is 65.6 Å². The maximum atomic E-state index is 12.3. The first-order chi connectivity index (χ1) is 15.8. The summed E-state index contributed by atoms with van der Waals surface area (Å²) < 4.78 is 14.3. The van der Waals surface area contributed by atoms with Gasteiger partial charge in [0.1, 0.15) is 18.6 Å². The molecule has 0 bridgehead atoms. The molecular formula is C25H27ClN5OP. The molecule has 170 valence electrons. The van der Waals surface area contributed by atoms with Gasteiger partial charge in [0.15, 0.2) is 0 Å². The lowest BCUT2D eigenvalue weighted by atomic mass is 10.1. The molecule has 0 amide bonds. The van der Waals surface area contributed by atoms with Gasteiger partial charge in [0.25, 0.3) is 0 Å². The first kappa shape index (κ1) is 22.0. The highest BCUT2D eigenvalue weighted by atomic mass is 35.5. The zero-order valence-electron chi connectivity index (χ0n) is 19.1. The standard InChI is InChI=1S/C25H27ClN5OP/c1-18-25(28-24-6-4-5-11-31(18)24)21-16-19(7-9-22(21)26)29-12-14-30(15-13-29)23-10-8-20(17-27-23)33(2,3)32/h4-11,16-17H,12-15H2,1-3H3. The van der Waals surface area contributed by atoms with Crippen molar-refractivity contribution < 1.29 is 4.57 Å². The van der Waals surface area contributed by atoms with Gasteiger partial charge in [-0.25, -0.2) is 9.97 Å². The minimum absolute atomic E-state index is 0.706. The number of rotatable bonds is 4. The van der Waals surface area contributed by atoms with E-state index in [4.69, 9.17) is 16.6 Å². The molecule has 1 saturated heterocycles. The highest BCUT2D eigenvalue weighted by molar-refractivity contribution is 7.70. The summed E-state index contributed by atoms with van der Waals surface area (Å²) in [6, 6.07) is 16.1. The van der Waals surface area contributed by atoms with Gasteiger partial charge in [-0.1, -0.05) is 17.7 Å². The number of fused-ring (bicyclic) bond motifs is 1. The Hall–Kier alpha value is -2.82. The Morgan fingerprint density at radius 3 is 2.39 bits per heavy atom. The number of imidazole rings is 1. The van der Waals surface area contributed by atoms with Gasteiger partial charge in [0.05, 0.1) is 10.7 Å². The fourth-order valence-corrected chi connectivity index (χ4v) is 5.32. The predicted molar refractivity (Wildman–Crippen MR) is 138 cm³/mol. The van der Waals surface area contributed by atoms with Crippen molar-refractivity contribution in [3.8, 4) is 11.3 Å². The van der Waals surface area contributed by atoms with Crippen LogP contribution in [0.2, 0.25) is 5.02 Å². The van der Waals surface area contributed by atoms with E-state index >= 15 is 0 Å². The maximum Gasteiger partial charge on any atom is 0.137 e. The maximum absolute atomic E-state index is 12.3. The van der Waals surface area contributed by atoms with Crippen LogP contribution in [0.1, 0.15) is 5.69 Å². The van der Waals surface area contributed by atoms with Crippen LogP contribution in [-0.4, -0.2) is 53.9 Å². The number of piperazine rings is 1. The van der Waals surface area contributed by atoms with E-state index in [-0.39, 0.29) is 0 Å². The third-order valence-corrected chi connectivity index (χ3v) is 8.13. The van der Waals surface area contributed by atoms with E-state index in [1.165, 1.54) is 0 Å². The number of hydrogen-bond acceptors (Lipinski definition) is 5. The molecule has 0 spiro atoms. The summed E-state index contributed by atoms with van der Waals surface area (Å²) in [6.07, 6.45) is 3.78. The number of halogens is 1. The molecule has 6 nitrogen and oxygen atoms in total. The fourth-order valence-electron chi connectivity index (χ4n) is 4.34. The minimum Gasteiger partial charge on any atom is -0.368 e. The predicted octanol–water partition coefficient (Wildman–Crippen LogP) is 4.93. The molecule has 0 N–H and O–H groups in total. The zero-order valence-corrected chi connectivity index (χ0v) is 20.7. The van der Waals surface area contributed by atoms with Crippen LogP contribution in [0.5, 0.6) is 0 Å². The largest absolute Gasteiger partial charge is 0.368 e. The van der Waals surface area contributed by atoms with E-state index in [2.05, 4.69) is 38.2 Å². The van der Waals surface area contributed by atoms with Crippen molar-refractivity contribution in [2.45, 2.75) is 6.92 Å². The second kappa shape index (κ2) is 8.51. The van der Waals surface area contributed by atoms with Crippen molar-refractivity contribution in [2.75, 3.05) is 49.3 Å². The van der Waals surface area contributed by atoms with E-state index in [9.17, 15) is 4.57 Å². The Morgan fingerprint density at radius 1 is 0.970 bits per heavy atom. The average molecular weight is 480 g/mol. The monoisotopic (exact) mass is 479 g/mol. The molecule has 5 rings (SSSR count). The van der Waals surface area contributed by atoms with Crippen LogP contribution in [0.3, 0.4) is 0 Å². The van der Waals surface area contributed by atoms with Crippen molar-refractivity contribution in [3.05, 3.63) is 71.6 Å². The Bertz CT molecular complexity index is 1350. The number of hydrogen-bond donors (Lipinski definition) is 0. The summed E-state index contributed by atoms with van der Waals surface area (Å²) in [7, 11) is -2.28. The molecule has 0 atom stereocenters. The van der Waals surface area contributed by atoms with Crippen LogP contribution < -0.4 is 15.1 Å². The molecule has 0 radical (unpaired) electrons. The lowest BCUT2D eigenvalue weighted by Gasteiger charge is -2.37. The molecule has 1 fully saturated rings. The van der Waals surface area contributed by atoms with Crippen LogP contribution in [0, 0.1) is 6.92 Å². The Kier molecular flexibility index (Phi) is 5.67. The summed E-state index contributed by atoms with van der Waals surface area (Å²) in [5.41, 5.74) is 5.01. The molecular weight excluding hydrogens is 453 g/mol. The van der Waals surface area contributed by atoms with Gasteiger partial charge in [-0.3, -0.25) is 0 Å². The summed E-state index contributed by atoms with van der Waals surface area (Å²) in [5.74, 6) is 0.934. The first-order valence-electron chi connectivity index (χ1n) is 11.1. The van der Waals surface area contributed by atoms with Crippen LogP contribution in [0.25, 0.3) is 16.9 Å². The number of benzene rings is 1. The van der Waals surface area contributed by atoms with Crippen molar-refractivity contribution in [2.24, 2.45) is 0 Å². The quantitative estimate of drug-likeness (QED) is 0.388. The Labute approximate surface area is 199 Å². The van der Waals surface area contributed by atoms with E-state index in [1.54, 1.807) is 19.5 Å². The SMILES string of the molecule is Cc1c(-c2cc(N3CCN(c4ccc(P(C)(C)=O)cn4)CC3)ccc2Cl)nc2ccccn12. The summed E-state index contributed by atoms with van der Waals surface area (Å²) in [4.78, 5) is 14.1. The van der Waals surface area contributed by atoms with Crippen LogP contribution >= 0.6 is 18.7 Å². The Balaban J connectivity index is 1.35. The molecule has 0 unspecified atom stereocenters. The molecule has 33 heavy (non-hydrogen) atoms. The smallest absolute Gasteiger partial charge is 0.137 e. The molecule has 1 aliphatic rings. The van der Waals surface area contributed by atoms with Crippen molar-refractivity contribution in [1.82, 2.24) is 14.4 Å². The molecule has 0 saturated carbocycles. The van der Waals surface area contributed by atoms with Crippen molar-refractivity contribution in [1.29, 1.82) is 0 Å². The normalized spacial score (nSPS) is 14.8. The van der Waals surface area contributed by atoms with Crippen LogP contribution in [0.4, 0.5) is 11.5 Å². The molecule has 4 aromatic rings. The number of nitrogens with zero attached hydrogens (tertiary/aromatic N) is 5. The molecule has 0 aliphatic carbocycles. The highest BCUT2D eigenvalue weighted by Gasteiger charge is 2.21. The third kappa shape index (κ3) is 4.25. The van der Waals surface area contributed by atoms with Gasteiger partial charge in [-0.2, -0.15) is 0 Å². The van der Waals surface area contributed by atoms with Gasteiger partial charge >= 0.3 is 0 Å². The molecule has 3 aromatic heterocycles. The molecule has 1 aliphatic heterocycles. The van der Waals surface area contributed by atoms with E-state index < -0.39 is 7.14 Å². The number of pyridine rings is 2. The van der Waals surface area contributed by atoms with Crippen LogP contribution in [-0.2, 0) is 4.57 Å². The van der Waals surface area contributed by atoms with E-state index in [1.807, 2.05) is 42.6 Å². The third-order valence-electron chi connectivity index (χ3n) is 6.30. The van der Waals surface area contributed by atoms with Gasteiger partial charge < -0.3 is 18.8 Å². The summed E-state index contributed by atoms with van der Waals surface area (Å²) in [5, 5.41) is 1.53. The second-order valence-corrected chi connectivity index (χ2v) is 12.5. The number of aromatic nitrogens is 3. The van der Waals surface area contributed by atoms with Crippen molar-refractivity contribution >= 4 is 41.2 Å². The fraction of sp³-hybridized carbons (Fsp3) is 0.280. The Morgan fingerprint density at radius 2 is 1.73 bits per heavy atom. The second-order valence-electron chi connectivity index (χ2n) is 8.84. The zero-order chi connectivity index (χ0) is 23.2. The van der Waals surface area contributed by atoms with Gasteiger partial charge in [0.2, 0.25) is 0 Å². The molecule has 4 heterocycles. The first-order valence-corrected chi connectivity index (χ1v) is 14.0. The minimum atomic E-state index is -2.28. The lowest BCUT2D eigenvalue weighted by molar-refractivity contribution is 0.588. The molecule has 8 heteroatoms. The van der Waals surface area contributed by atoms with Gasteiger partial charge in [-0.05, 0) is 62.7 Å². The topological polar surface area (TPSA) is 53.7 Å². The highest BCUT2D eigenvalue weighted by Crippen LogP contribution is 2.35. The van der Waals surface area contributed by atoms with Gasteiger partial charge in [0, 0.05) is 60.8 Å². The lowest BCUT2D eigenvalue weighted by Crippen LogP contribution is -2.46. The number of anilines is 2. The van der Waals surface area contributed by atoms with Gasteiger partial charge in [-0.15, -0.1) is 0 Å². The van der Waals surface area contributed by atoms with Crippen molar-refractivity contribution in [3.63, 3.8) is 0 Å².